The standard InChI is InChI=1S/C13H17N3O4/c1-8-10(3-2-4-11(8)16(19)20)13(18)15-6-9-5-14-7-12(9)17/h2-4,9,12,14,17H,5-7H2,1H3,(H,15,18). The Morgan fingerprint density at radius 1 is 1.55 bits per heavy atom. The number of hydrogen-bond donors (Lipinski definition) is 3. The van der Waals surface area contributed by atoms with Crippen molar-refractivity contribution in [3.05, 3.63) is 39.4 Å². The number of aliphatic hydroxyl groups is 1. The molecule has 1 aromatic carbocycles. The fourth-order valence-corrected chi connectivity index (χ4v) is 2.31. The van der Waals surface area contributed by atoms with E-state index in [9.17, 15) is 20.0 Å². The number of amides is 1. The lowest BCUT2D eigenvalue weighted by Crippen LogP contribution is -2.34. The molecule has 3 N–H and O–H groups in total. The van der Waals surface area contributed by atoms with Crippen LogP contribution in [0.2, 0.25) is 0 Å². The summed E-state index contributed by atoms with van der Waals surface area (Å²) < 4.78 is 0. The van der Waals surface area contributed by atoms with Crippen molar-refractivity contribution in [1.82, 2.24) is 10.6 Å². The molecule has 0 saturated carbocycles. The average Bonchev–Trinajstić information content (AvgIpc) is 2.81. The zero-order valence-electron chi connectivity index (χ0n) is 11.1. The van der Waals surface area contributed by atoms with Crippen LogP contribution in [0.15, 0.2) is 18.2 Å². The predicted molar refractivity (Wildman–Crippen MR) is 72.5 cm³/mol. The fourth-order valence-electron chi connectivity index (χ4n) is 2.31. The van der Waals surface area contributed by atoms with Gasteiger partial charge in [-0.05, 0) is 13.0 Å². The van der Waals surface area contributed by atoms with Gasteiger partial charge in [0, 0.05) is 42.7 Å². The number of β-amino-alcohol motifs (C(OH)–C–C–N with tert-alkyl or cyclic N) is 1. The van der Waals surface area contributed by atoms with Gasteiger partial charge in [-0.1, -0.05) is 6.07 Å². The third kappa shape index (κ3) is 2.94. The largest absolute Gasteiger partial charge is 0.391 e. The molecule has 1 heterocycles. The summed E-state index contributed by atoms with van der Waals surface area (Å²) in [6, 6.07) is 4.42. The molecular weight excluding hydrogens is 262 g/mol. The molecule has 108 valence electrons. The first kappa shape index (κ1) is 14.4. The lowest BCUT2D eigenvalue weighted by Gasteiger charge is -2.14. The van der Waals surface area contributed by atoms with Crippen LogP contribution in [0.4, 0.5) is 5.69 Å². The Labute approximate surface area is 116 Å². The maximum Gasteiger partial charge on any atom is 0.273 e. The van der Waals surface area contributed by atoms with E-state index in [0.29, 0.717) is 30.8 Å². The summed E-state index contributed by atoms with van der Waals surface area (Å²) in [4.78, 5) is 22.4. The summed E-state index contributed by atoms with van der Waals surface area (Å²) in [7, 11) is 0. The molecule has 1 aliphatic heterocycles. The highest BCUT2D eigenvalue weighted by Gasteiger charge is 2.26. The van der Waals surface area contributed by atoms with Crippen LogP contribution in [0.5, 0.6) is 0 Å². The van der Waals surface area contributed by atoms with Crippen molar-refractivity contribution in [2.45, 2.75) is 13.0 Å². The molecule has 0 spiro atoms. The SMILES string of the molecule is Cc1c(C(=O)NCC2CNCC2O)cccc1[N+](=O)[O-]. The second kappa shape index (κ2) is 5.98. The molecule has 20 heavy (non-hydrogen) atoms. The lowest BCUT2D eigenvalue weighted by molar-refractivity contribution is -0.385. The van der Waals surface area contributed by atoms with Crippen molar-refractivity contribution in [1.29, 1.82) is 0 Å². The molecule has 1 aromatic rings. The molecular formula is C13H17N3O4. The Balaban J connectivity index is 2.06. The van der Waals surface area contributed by atoms with E-state index in [4.69, 9.17) is 0 Å². The van der Waals surface area contributed by atoms with Crippen molar-refractivity contribution in [2.24, 2.45) is 5.92 Å². The number of nitrogens with one attached hydrogen (secondary N) is 2. The van der Waals surface area contributed by atoms with Gasteiger partial charge in [0.2, 0.25) is 0 Å². The number of benzene rings is 1. The number of nitro benzene ring substituents is 1. The summed E-state index contributed by atoms with van der Waals surface area (Å²) in [5.74, 6) is -0.386. The van der Waals surface area contributed by atoms with Crippen LogP contribution in [-0.2, 0) is 0 Å². The molecule has 7 heteroatoms. The van der Waals surface area contributed by atoms with Gasteiger partial charge in [-0.25, -0.2) is 0 Å². The quantitative estimate of drug-likeness (QED) is 0.540. The summed E-state index contributed by atoms with van der Waals surface area (Å²) >= 11 is 0. The van der Waals surface area contributed by atoms with Crippen molar-refractivity contribution >= 4 is 11.6 Å². The summed E-state index contributed by atoms with van der Waals surface area (Å²) in [6.07, 6.45) is -0.471. The van der Waals surface area contributed by atoms with Crippen molar-refractivity contribution < 1.29 is 14.8 Å². The van der Waals surface area contributed by atoms with Crippen molar-refractivity contribution in [2.75, 3.05) is 19.6 Å². The van der Waals surface area contributed by atoms with Crippen LogP contribution in [0, 0.1) is 23.0 Å². The minimum Gasteiger partial charge on any atom is -0.391 e. The van der Waals surface area contributed by atoms with Crippen LogP contribution < -0.4 is 10.6 Å². The molecule has 2 rings (SSSR count). The van der Waals surface area contributed by atoms with E-state index in [1.54, 1.807) is 13.0 Å². The maximum absolute atomic E-state index is 12.1. The minimum absolute atomic E-state index is 0.0297. The molecule has 1 amide bonds. The molecule has 1 saturated heterocycles. The molecule has 2 unspecified atom stereocenters. The van der Waals surface area contributed by atoms with Crippen LogP contribution in [-0.4, -0.2) is 41.7 Å². The van der Waals surface area contributed by atoms with Crippen molar-refractivity contribution in [3.8, 4) is 0 Å². The van der Waals surface area contributed by atoms with Crippen LogP contribution in [0.1, 0.15) is 15.9 Å². The van der Waals surface area contributed by atoms with Gasteiger partial charge < -0.3 is 15.7 Å². The van der Waals surface area contributed by atoms with E-state index in [2.05, 4.69) is 10.6 Å². The van der Waals surface area contributed by atoms with Gasteiger partial charge in [-0.15, -0.1) is 0 Å². The lowest BCUT2D eigenvalue weighted by atomic mass is 10.0. The van der Waals surface area contributed by atoms with Crippen molar-refractivity contribution in [3.63, 3.8) is 0 Å². The predicted octanol–water partition coefficient (Wildman–Crippen LogP) is 0.213. The fraction of sp³-hybridized carbons (Fsp3) is 0.462. The highest BCUT2D eigenvalue weighted by atomic mass is 16.6. The highest BCUT2D eigenvalue weighted by molar-refractivity contribution is 5.96. The highest BCUT2D eigenvalue weighted by Crippen LogP contribution is 2.21. The summed E-state index contributed by atoms with van der Waals surface area (Å²) in [6.45, 7) is 3.07. The van der Waals surface area contributed by atoms with E-state index in [1.165, 1.54) is 12.1 Å². The Morgan fingerprint density at radius 3 is 2.90 bits per heavy atom. The first-order valence-electron chi connectivity index (χ1n) is 6.41. The monoisotopic (exact) mass is 279 g/mol. The molecule has 0 radical (unpaired) electrons. The van der Waals surface area contributed by atoms with E-state index in [-0.39, 0.29) is 17.5 Å². The Kier molecular flexibility index (Phi) is 4.31. The maximum atomic E-state index is 12.1. The first-order chi connectivity index (χ1) is 9.50. The minimum atomic E-state index is -0.503. The molecule has 0 bridgehead atoms. The van der Waals surface area contributed by atoms with Crippen LogP contribution in [0.25, 0.3) is 0 Å². The number of carbonyl (C=O) groups is 1. The van der Waals surface area contributed by atoms with Gasteiger partial charge in [-0.2, -0.15) is 0 Å². The Hall–Kier alpha value is -1.99. The zero-order chi connectivity index (χ0) is 14.7. The van der Waals surface area contributed by atoms with Gasteiger partial charge in [0.25, 0.3) is 11.6 Å². The molecule has 0 aliphatic carbocycles. The number of carbonyl (C=O) groups excluding carboxylic acids is 1. The molecule has 7 nitrogen and oxygen atoms in total. The molecule has 2 atom stereocenters. The number of hydrogen-bond acceptors (Lipinski definition) is 5. The van der Waals surface area contributed by atoms with Gasteiger partial charge in [0.1, 0.15) is 0 Å². The van der Waals surface area contributed by atoms with Gasteiger partial charge in [0.15, 0.2) is 0 Å². The Bertz CT molecular complexity index is 532. The topological polar surface area (TPSA) is 104 Å². The van der Waals surface area contributed by atoms with E-state index < -0.39 is 11.0 Å². The molecule has 1 fully saturated rings. The summed E-state index contributed by atoms with van der Waals surface area (Å²) in [5, 5.41) is 26.2. The zero-order valence-corrected chi connectivity index (χ0v) is 11.1. The summed E-state index contributed by atoms with van der Waals surface area (Å²) in [5.41, 5.74) is 0.569. The average molecular weight is 279 g/mol. The second-order valence-electron chi connectivity index (χ2n) is 4.90. The van der Waals surface area contributed by atoms with Gasteiger partial charge in [0.05, 0.1) is 11.0 Å². The van der Waals surface area contributed by atoms with E-state index in [1.807, 2.05) is 0 Å². The smallest absolute Gasteiger partial charge is 0.273 e. The Morgan fingerprint density at radius 2 is 2.30 bits per heavy atom. The number of nitro groups is 1. The van der Waals surface area contributed by atoms with E-state index >= 15 is 0 Å². The second-order valence-corrected chi connectivity index (χ2v) is 4.90. The first-order valence-corrected chi connectivity index (χ1v) is 6.41. The van der Waals surface area contributed by atoms with Crippen LogP contribution >= 0.6 is 0 Å². The molecule has 1 aliphatic rings. The van der Waals surface area contributed by atoms with Gasteiger partial charge in [-0.3, -0.25) is 14.9 Å². The third-order valence-electron chi connectivity index (χ3n) is 3.58. The normalized spacial score (nSPS) is 21.7. The number of rotatable bonds is 4. The van der Waals surface area contributed by atoms with E-state index in [0.717, 1.165) is 0 Å². The van der Waals surface area contributed by atoms with Gasteiger partial charge >= 0.3 is 0 Å². The third-order valence-corrected chi connectivity index (χ3v) is 3.58. The molecule has 0 aromatic heterocycles. The number of aliphatic hydroxyl groups excluding tert-OH is 1. The number of nitrogens with zero attached hydrogens (tertiary/aromatic N) is 1. The van der Waals surface area contributed by atoms with Crippen LogP contribution in [0.3, 0.4) is 0 Å².